The summed E-state index contributed by atoms with van der Waals surface area (Å²) in [7, 11) is 0. The van der Waals surface area contributed by atoms with Crippen molar-refractivity contribution in [3.05, 3.63) is 43.8 Å². The molecule has 2 heterocycles. The van der Waals surface area contributed by atoms with E-state index in [2.05, 4.69) is 20.9 Å². The summed E-state index contributed by atoms with van der Waals surface area (Å²) in [6, 6.07) is 6.83. The quantitative estimate of drug-likeness (QED) is 0.741. The van der Waals surface area contributed by atoms with Gasteiger partial charge >= 0.3 is 0 Å². The number of hydrogen-bond acceptors (Lipinski definition) is 3. The summed E-state index contributed by atoms with van der Waals surface area (Å²) in [4.78, 5) is 5.24. The lowest BCUT2D eigenvalue weighted by molar-refractivity contribution is 0.622. The smallest absolute Gasteiger partial charge is 0.201 e. The molecule has 0 unspecified atom stereocenters. The predicted octanol–water partition coefficient (Wildman–Crippen LogP) is 4.28. The molecule has 1 aromatic carbocycles. The Labute approximate surface area is 125 Å². The van der Waals surface area contributed by atoms with Gasteiger partial charge in [-0.15, -0.1) is 11.3 Å². The highest BCUT2D eigenvalue weighted by molar-refractivity contribution is 9.10. The number of imidazole rings is 1. The molecule has 2 aromatic heterocycles. The van der Waals surface area contributed by atoms with Crippen LogP contribution in [0, 0.1) is 5.82 Å². The maximum atomic E-state index is 13.5. The van der Waals surface area contributed by atoms with Crippen molar-refractivity contribution >= 4 is 55.8 Å². The van der Waals surface area contributed by atoms with Crippen LogP contribution in [-0.4, -0.2) is 9.55 Å². The lowest BCUT2D eigenvalue weighted by atomic mass is 10.3. The summed E-state index contributed by atoms with van der Waals surface area (Å²) in [6.45, 7) is 0.567. The number of halogens is 3. The van der Waals surface area contributed by atoms with Crippen LogP contribution >= 0.6 is 38.9 Å². The number of rotatable bonds is 2. The topological polar surface area (TPSA) is 43.8 Å². The van der Waals surface area contributed by atoms with Gasteiger partial charge in [0, 0.05) is 10.9 Å². The molecule has 0 aliphatic carbocycles. The number of benzene rings is 1. The maximum Gasteiger partial charge on any atom is 0.201 e. The molecule has 0 saturated heterocycles. The number of anilines is 1. The summed E-state index contributed by atoms with van der Waals surface area (Å²) in [6.07, 6.45) is 0. The number of nitrogens with zero attached hydrogens (tertiary/aromatic N) is 2. The van der Waals surface area contributed by atoms with Crippen LogP contribution in [0.4, 0.5) is 10.3 Å². The monoisotopic (exact) mass is 359 g/mol. The fourth-order valence-electron chi connectivity index (χ4n) is 1.90. The Balaban J connectivity index is 2.12. The van der Waals surface area contributed by atoms with Gasteiger partial charge in [0.1, 0.15) is 5.82 Å². The van der Waals surface area contributed by atoms with Crippen LogP contribution in [0.1, 0.15) is 4.88 Å². The van der Waals surface area contributed by atoms with Gasteiger partial charge in [0.05, 0.1) is 26.4 Å². The normalized spacial score (nSPS) is 11.3. The average Bonchev–Trinajstić information content (AvgIpc) is 2.87. The maximum absolute atomic E-state index is 13.5. The zero-order valence-electron chi connectivity index (χ0n) is 9.53. The molecule has 0 atom stereocenters. The Hall–Kier alpha value is -1.11. The van der Waals surface area contributed by atoms with E-state index in [1.54, 1.807) is 6.07 Å². The number of nitrogens with two attached hydrogens (primary N) is 1. The lowest BCUT2D eigenvalue weighted by Crippen LogP contribution is -2.03. The number of thiophene rings is 1. The summed E-state index contributed by atoms with van der Waals surface area (Å²) >= 11 is 10.6. The largest absolute Gasteiger partial charge is 0.369 e. The second-order valence-electron chi connectivity index (χ2n) is 4.02. The average molecular weight is 361 g/mol. The van der Waals surface area contributed by atoms with E-state index in [0.717, 1.165) is 14.7 Å². The van der Waals surface area contributed by atoms with E-state index >= 15 is 0 Å². The molecule has 0 saturated carbocycles. The Morgan fingerprint density at radius 2 is 2.21 bits per heavy atom. The minimum Gasteiger partial charge on any atom is -0.369 e. The lowest BCUT2D eigenvalue weighted by Gasteiger charge is -2.04. The van der Waals surface area contributed by atoms with Crippen molar-refractivity contribution in [2.75, 3.05) is 5.73 Å². The molecular weight excluding hydrogens is 353 g/mol. The highest BCUT2D eigenvalue weighted by Crippen LogP contribution is 2.28. The van der Waals surface area contributed by atoms with E-state index in [4.69, 9.17) is 17.3 Å². The molecule has 0 spiro atoms. The van der Waals surface area contributed by atoms with Crippen molar-refractivity contribution in [2.45, 2.75) is 6.54 Å². The van der Waals surface area contributed by atoms with E-state index in [1.807, 2.05) is 16.7 Å². The molecule has 3 aromatic rings. The molecule has 0 fully saturated rings. The van der Waals surface area contributed by atoms with Crippen molar-refractivity contribution in [3.8, 4) is 0 Å². The van der Waals surface area contributed by atoms with Gasteiger partial charge < -0.3 is 10.3 Å². The standard InChI is InChI=1S/C12H8BrClFN3S/c13-7-3-10-9(4-8(7)15)17-12(16)18(10)5-6-1-2-11(14)19-6/h1-4H,5H2,(H2,16,17). The van der Waals surface area contributed by atoms with Crippen LogP contribution in [0.3, 0.4) is 0 Å². The van der Waals surface area contributed by atoms with Gasteiger partial charge in [-0.1, -0.05) is 11.6 Å². The minimum absolute atomic E-state index is 0.351. The molecule has 0 radical (unpaired) electrons. The zero-order chi connectivity index (χ0) is 13.6. The minimum atomic E-state index is -0.351. The molecule has 0 aliphatic rings. The first-order valence-electron chi connectivity index (χ1n) is 5.39. The number of hydrogen-bond donors (Lipinski definition) is 1. The van der Waals surface area contributed by atoms with Crippen molar-refractivity contribution < 1.29 is 4.39 Å². The van der Waals surface area contributed by atoms with Gasteiger partial charge in [-0.2, -0.15) is 0 Å². The molecule has 0 aliphatic heterocycles. The molecule has 3 nitrogen and oxygen atoms in total. The van der Waals surface area contributed by atoms with Crippen LogP contribution in [-0.2, 0) is 6.54 Å². The molecular formula is C12H8BrClFN3S. The van der Waals surface area contributed by atoms with Gasteiger partial charge in [0.25, 0.3) is 0 Å². The van der Waals surface area contributed by atoms with Crippen LogP contribution in [0.2, 0.25) is 4.34 Å². The Morgan fingerprint density at radius 3 is 2.89 bits per heavy atom. The van der Waals surface area contributed by atoms with Crippen LogP contribution in [0.15, 0.2) is 28.7 Å². The third-order valence-electron chi connectivity index (χ3n) is 2.76. The summed E-state index contributed by atoms with van der Waals surface area (Å²) in [5, 5.41) is 0. The fraction of sp³-hybridized carbons (Fsp3) is 0.0833. The Morgan fingerprint density at radius 1 is 1.42 bits per heavy atom. The van der Waals surface area contributed by atoms with E-state index < -0.39 is 0 Å². The summed E-state index contributed by atoms with van der Waals surface area (Å²) in [5.41, 5.74) is 7.22. The van der Waals surface area contributed by atoms with Gasteiger partial charge in [-0.05, 0) is 34.1 Å². The van der Waals surface area contributed by atoms with Crippen LogP contribution in [0.25, 0.3) is 11.0 Å². The first kappa shape index (κ1) is 12.9. The second-order valence-corrected chi connectivity index (χ2v) is 6.67. The van der Waals surface area contributed by atoms with Gasteiger partial charge in [0.2, 0.25) is 5.95 Å². The number of aromatic nitrogens is 2. The first-order chi connectivity index (χ1) is 9.04. The molecule has 7 heteroatoms. The highest BCUT2D eigenvalue weighted by atomic mass is 79.9. The molecule has 0 bridgehead atoms. The Kier molecular flexibility index (Phi) is 3.24. The second kappa shape index (κ2) is 4.77. The van der Waals surface area contributed by atoms with E-state index in [-0.39, 0.29) is 5.82 Å². The molecule has 2 N–H and O–H groups in total. The third kappa shape index (κ3) is 2.35. The zero-order valence-corrected chi connectivity index (χ0v) is 12.7. The van der Waals surface area contributed by atoms with Crippen molar-refractivity contribution in [2.24, 2.45) is 0 Å². The van der Waals surface area contributed by atoms with Crippen molar-refractivity contribution in [3.63, 3.8) is 0 Å². The molecule has 3 rings (SSSR count). The predicted molar refractivity (Wildman–Crippen MR) is 80.2 cm³/mol. The molecule has 0 amide bonds. The SMILES string of the molecule is Nc1nc2cc(F)c(Br)cc2n1Cc1ccc(Cl)s1. The first-order valence-corrected chi connectivity index (χ1v) is 7.38. The van der Waals surface area contributed by atoms with E-state index in [0.29, 0.717) is 22.5 Å². The van der Waals surface area contributed by atoms with Gasteiger partial charge in [-0.25, -0.2) is 9.37 Å². The number of nitrogen functional groups attached to an aromatic ring is 1. The third-order valence-corrected chi connectivity index (χ3v) is 4.59. The van der Waals surface area contributed by atoms with E-state index in [9.17, 15) is 4.39 Å². The van der Waals surface area contributed by atoms with E-state index in [1.165, 1.54) is 17.4 Å². The van der Waals surface area contributed by atoms with Crippen molar-refractivity contribution in [1.29, 1.82) is 0 Å². The highest BCUT2D eigenvalue weighted by Gasteiger charge is 2.12. The van der Waals surface area contributed by atoms with Crippen LogP contribution < -0.4 is 5.73 Å². The summed E-state index contributed by atoms with van der Waals surface area (Å²) < 4.78 is 16.4. The number of fused-ring (bicyclic) bond motifs is 1. The fourth-order valence-corrected chi connectivity index (χ4v) is 3.31. The van der Waals surface area contributed by atoms with Crippen LogP contribution in [0.5, 0.6) is 0 Å². The summed E-state index contributed by atoms with van der Waals surface area (Å²) in [5.74, 6) is 0.00772. The van der Waals surface area contributed by atoms with Crippen molar-refractivity contribution in [1.82, 2.24) is 9.55 Å². The van der Waals surface area contributed by atoms with Gasteiger partial charge in [-0.3, -0.25) is 0 Å². The molecule has 98 valence electrons. The van der Waals surface area contributed by atoms with Gasteiger partial charge in [0.15, 0.2) is 0 Å². The Bertz CT molecular complexity index is 768. The molecule has 19 heavy (non-hydrogen) atoms.